The van der Waals surface area contributed by atoms with Gasteiger partial charge in [-0.2, -0.15) is 0 Å². The summed E-state index contributed by atoms with van der Waals surface area (Å²) >= 11 is 1.47. The molecule has 5 nitrogen and oxygen atoms in total. The van der Waals surface area contributed by atoms with E-state index in [4.69, 9.17) is 5.73 Å². The van der Waals surface area contributed by atoms with Crippen molar-refractivity contribution in [2.24, 2.45) is 5.73 Å². The molecular weight excluding hydrogens is 313 g/mol. The summed E-state index contributed by atoms with van der Waals surface area (Å²) in [5, 5.41) is 2.74. The Morgan fingerprint density at radius 1 is 1.43 bits per heavy atom. The summed E-state index contributed by atoms with van der Waals surface area (Å²) in [7, 11) is -3.87. The summed E-state index contributed by atoms with van der Waals surface area (Å²) in [6.07, 6.45) is 0.472. The molecule has 0 aliphatic rings. The lowest BCUT2D eigenvalue weighted by molar-refractivity contribution is 0.556. The third-order valence-corrected chi connectivity index (χ3v) is 5.34. The van der Waals surface area contributed by atoms with E-state index in [1.165, 1.54) is 23.5 Å². The van der Waals surface area contributed by atoms with Crippen LogP contribution in [0.3, 0.4) is 0 Å². The van der Waals surface area contributed by atoms with Crippen molar-refractivity contribution in [1.29, 1.82) is 0 Å². The lowest BCUT2D eigenvalue weighted by atomic mass is 10.2. The predicted octanol–water partition coefficient (Wildman–Crippen LogP) is 1.57. The second-order valence-corrected chi connectivity index (χ2v) is 7.18. The van der Waals surface area contributed by atoms with Gasteiger partial charge in [-0.3, -0.25) is 0 Å². The highest BCUT2D eigenvalue weighted by Crippen LogP contribution is 2.16. The summed E-state index contributed by atoms with van der Waals surface area (Å²) in [5.41, 5.74) is 6.84. The van der Waals surface area contributed by atoms with Crippen molar-refractivity contribution in [3.05, 3.63) is 45.7 Å². The van der Waals surface area contributed by atoms with E-state index in [1.54, 1.807) is 0 Å². The van der Waals surface area contributed by atoms with E-state index in [9.17, 15) is 12.8 Å². The Morgan fingerprint density at radius 3 is 2.76 bits per heavy atom. The Balaban J connectivity index is 2.04. The second-order valence-electron chi connectivity index (χ2n) is 4.50. The van der Waals surface area contributed by atoms with Gasteiger partial charge in [-0.1, -0.05) is 6.07 Å². The average molecular weight is 329 g/mol. The molecule has 0 saturated carbocycles. The number of thiazole rings is 1. The molecule has 0 amide bonds. The predicted molar refractivity (Wildman–Crippen MR) is 80.0 cm³/mol. The fourth-order valence-corrected chi connectivity index (χ4v) is 3.64. The number of nitrogens with one attached hydrogen (secondary N) is 1. The zero-order chi connectivity index (χ0) is 15.5. The van der Waals surface area contributed by atoms with Crippen molar-refractivity contribution in [2.45, 2.75) is 24.8 Å². The Bertz CT molecular complexity index is 729. The minimum Gasteiger partial charge on any atom is -0.326 e. The number of hydrogen-bond donors (Lipinski definition) is 2. The van der Waals surface area contributed by atoms with Gasteiger partial charge in [-0.15, -0.1) is 11.3 Å². The van der Waals surface area contributed by atoms with Crippen LogP contribution in [0.15, 0.2) is 28.5 Å². The third-order valence-electron chi connectivity index (χ3n) is 2.82. The van der Waals surface area contributed by atoms with Gasteiger partial charge in [0.2, 0.25) is 10.0 Å². The molecular formula is C13H16FN3O2S2. The number of halogens is 1. The zero-order valence-electron chi connectivity index (χ0n) is 11.5. The lowest BCUT2D eigenvalue weighted by Crippen LogP contribution is -2.26. The number of aromatic nitrogens is 1. The SMILES string of the molecule is Cc1csc(CCNS(=O)(=O)c2ccc(CN)cc2F)n1. The van der Waals surface area contributed by atoms with E-state index >= 15 is 0 Å². The van der Waals surface area contributed by atoms with Crippen LogP contribution < -0.4 is 10.5 Å². The molecule has 0 saturated heterocycles. The number of sulfonamides is 1. The first-order chi connectivity index (χ1) is 9.92. The van der Waals surface area contributed by atoms with E-state index in [2.05, 4.69) is 9.71 Å². The summed E-state index contributed by atoms with van der Waals surface area (Å²) in [4.78, 5) is 3.87. The van der Waals surface area contributed by atoms with Gasteiger partial charge in [0.25, 0.3) is 0 Å². The quantitative estimate of drug-likeness (QED) is 0.842. The molecule has 0 atom stereocenters. The van der Waals surface area contributed by atoms with Crippen LogP contribution >= 0.6 is 11.3 Å². The number of hydrogen-bond acceptors (Lipinski definition) is 5. The number of aryl methyl sites for hydroxylation is 1. The molecule has 114 valence electrons. The third kappa shape index (κ3) is 4.07. The molecule has 3 N–H and O–H groups in total. The van der Waals surface area contributed by atoms with Crippen molar-refractivity contribution < 1.29 is 12.8 Å². The van der Waals surface area contributed by atoms with Gasteiger partial charge >= 0.3 is 0 Å². The maximum atomic E-state index is 13.8. The lowest BCUT2D eigenvalue weighted by Gasteiger charge is -2.08. The Kier molecular flexibility index (Phi) is 5.04. The minimum atomic E-state index is -3.87. The molecule has 0 spiro atoms. The van der Waals surface area contributed by atoms with Gasteiger partial charge in [-0.25, -0.2) is 22.5 Å². The normalized spacial score (nSPS) is 11.8. The fourth-order valence-electron chi connectivity index (χ4n) is 1.78. The van der Waals surface area contributed by atoms with E-state index in [1.807, 2.05) is 12.3 Å². The molecule has 21 heavy (non-hydrogen) atoms. The molecule has 0 aliphatic carbocycles. The van der Waals surface area contributed by atoms with Crippen LogP contribution in [0.2, 0.25) is 0 Å². The van der Waals surface area contributed by atoms with Crippen LogP contribution in [0.25, 0.3) is 0 Å². The highest BCUT2D eigenvalue weighted by molar-refractivity contribution is 7.89. The molecule has 0 unspecified atom stereocenters. The molecule has 0 fully saturated rings. The Hall–Kier alpha value is -1.35. The second kappa shape index (κ2) is 6.61. The van der Waals surface area contributed by atoms with Crippen molar-refractivity contribution in [3.63, 3.8) is 0 Å². The zero-order valence-corrected chi connectivity index (χ0v) is 13.1. The first-order valence-corrected chi connectivity index (χ1v) is 8.68. The molecule has 0 radical (unpaired) electrons. The molecule has 1 heterocycles. The maximum absolute atomic E-state index is 13.8. The van der Waals surface area contributed by atoms with E-state index in [-0.39, 0.29) is 18.0 Å². The molecule has 0 aliphatic heterocycles. The molecule has 2 aromatic rings. The van der Waals surface area contributed by atoms with Crippen molar-refractivity contribution >= 4 is 21.4 Å². The summed E-state index contributed by atoms with van der Waals surface area (Å²) < 4.78 is 40.3. The smallest absolute Gasteiger partial charge is 0.243 e. The van der Waals surface area contributed by atoms with Crippen LogP contribution in [0, 0.1) is 12.7 Å². The summed E-state index contributed by atoms with van der Waals surface area (Å²) in [6.45, 7) is 2.21. The largest absolute Gasteiger partial charge is 0.326 e. The van der Waals surface area contributed by atoms with Crippen molar-refractivity contribution in [1.82, 2.24) is 9.71 Å². The van der Waals surface area contributed by atoms with Gasteiger partial charge in [0.15, 0.2) is 0 Å². The standard InChI is InChI=1S/C13H16FN3O2S2/c1-9-8-20-13(17-9)4-5-16-21(18,19)12-3-2-10(7-15)6-11(12)14/h2-3,6,8,16H,4-5,7,15H2,1H3. The van der Waals surface area contributed by atoms with E-state index in [0.29, 0.717) is 12.0 Å². The number of benzene rings is 1. The molecule has 1 aromatic heterocycles. The highest BCUT2D eigenvalue weighted by Gasteiger charge is 2.18. The number of nitrogens with two attached hydrogens (primary N) is 1. The van der Waals surface area contributed by atoms with E-state index < -0.39 is 15.8 Å². The van der Waals surface area contributed by atoms with Gasteiger partial charge in [-0.05, 0) is 24.6 Å². The molecule has 0 bridgehead atoms. The highest BCUT2D eigenvalue weighted by atomic mass is 32.2. The molecule has 1 aromatic carbocycles. The topological polar surface area (TPSA) is 85.1 Å². The first-order valence-electron chi connectivity index (χ1n) is 6.31. The van der Waals surface area contributed by atoms with Gasteiger partial charge < -0.3 is 5.73 Å². The molecule has 2 rings (SSSR count). The van der Waals surface area contributed by atoms with Gasteiger partial charge in [0, 0.05) is 30.6 Å². The minimum absolute atomic E-state index is 0.161. The van der Waals surface area contributed by atoms with E-state index in [0.717, 1.165) is 16.8 Å². The van der Waals surface area contributed by atoms with Crippen LogP contribution in [0.4, 0.5) is 4.39 Å². The Labute approximate surface area is 127 Å². The van der Waals surface area contributed by atoms with Crippen LogP contribution in [-0.2, 0) is 23.0 Å². The number of nitrogens with zero attached hydrogens (tertiary/aromatic N) is 1. The maximum Gasteiger partial charge on any atom is 0.243 e. The monoisotopic (exact) mass is 329 g/mol. The summed E-state index contributed by atoms with van der Waals surface area (Å²) in [5.74, 6) is -0.796. The van der Waals surface area contributed by atoms with Crippen LogP contribution in [0.1, 0.15) is 16.3 Å². The number of rotatable bonds is 6. The molecule has 8 heteroatoms. The Morgan fingerprint density at radius 2 is 2.19 bits per heavy atom. The average Bonchev–Trinajstić information content (AvgIpc) is 2.83. The van der Waals surface area contributed by atoms with Crippen molar-refractivity contribution in [3.8, 4) is 0 Å². The van der Waals surface area contributed by atoms with Gasteiger partial charge in [0.1, 0.15) is 10.7 Å². The summed E-state index contributed by atoms with van der Waals surface area (Å²) in [6, 6.07) is 3.87. The van der Waals surface area contributed by atoms with Crippen LogP contribution in [-0.4, -0.2) is 19.9 Å². The van der Waals surface area contributed by atoms with Gasteiger partial charge in [0.05, 0.1) is 5.01 Å². The van der Waals surface area contributed by atoms with Crippen LogP contribution in [0.5, 0.6) is 0 Å². The first kappa shape index (κ1) is 16.0. The van der Waals surface area contributed by atoms with Crippen molar-refractivity contribution in [2.75, 3.05) is 6.54 Å². The fraction of sp³-hybridized carbons (Fsp3) is 0.308.